The smallest absolute Gasteiger partial charge is 0.0729 e. The molecule has 3 atom stereocenters. The van der Waals surface area contributed by atoms with Gasteiger partial charge in [0.15, 0.2) is 0 Å². The Morgan fingerprint density at radius 1 is 1.35 bits per heavy atom. The van der Waals surface area contributed by atoms with Gasteiger partial charge in [-0.05, 0) is 43.9 Å². The Morgan fingerprint density at radius 2 is 2.10 bits per heavy atom. The van der Waals surface area contributed by atoms with E-state index in [1.165, 1.54) is 0 Å². The number of hydrogen-bond acceptors (Lipinski definition) is 5. The van der Waals surface area contributed by atoms with Crippen LogP contribution < -0.4 is 11.3 Å². The molecule has 2 saturated heterocycles. The van der Waals surface area contributed by atoms with Crippen molar-refractivity contribution < 1.29 is 14.2 Å². The Labute approximate surface area is 122 Å². The van der Waals surface area contributed by atoms with Crippen LogP contribution in [0.25, 0.3) is 0 Å². The summed E-state index contributed by atoms with van der Waals surface area (Å²) >= 11 is 0. The average molecular weight is 286 g/mol. The van der Waals surface area contributed by atoms with Crippen molar-refractivity contribution in [3.05, 3.63) is 0 Å². The number of ether oxygens (including phenoxy) is 3. The van der Waals surface area contributed by atoms with Crippen molar-refractivity contribution in [3.8, 4) is 0 Å². The van der Waals surface area contributed by atoms with Gasteiger partial charge >= 0.3 is 0 Å². The molecule has 1 spiro atoms. The molecule has 2 fully saturated rings. The van der Waals surface area contributed by atoms with Crippen LogP contribution in [0.15, 0.2) is 0 Å². The van der Waals surface area contributed by atoms with Crippen molar-refractivity contribution in [3.63, 3.8) is 0 Å². The Morgan fingerprint density at radius 3 is 2.75 bits per heavy atom. The van der Waals surface area contributed by atoms with Crippen LogP contribution in [0.1, 0.15) is 39.0 Å². The summed E-state index contributed by atoms with van der Waals surface area (Å²) in [6.07, 6.45) is 5.30. The summed E-state index contributed by atoms with van der Waals surface area (Å²) < 4.78 is 16.8. The molecule has 5 heteroatoms. The van der Waals surface area contributed by atoms with E-state index in [-0.39, 0.29) is 5.60 Å². The number of rotatable bonds is 6. The number of nitrogens with two attached hydrogens (primary N) is 1. The van der Waals surface area contributed by atoms with Crippen molar-refractivity contribution in [2.75, 3.05) is 33.5 Å². The summed E-state index contributed by atoms with van der Waals surface area (Å²) in [5.74, 6) is 6.92. The maximum absolute atomic E-state index is 6.11. The standard InChI is InChI=1S/C15H30N2O3/c1-12(11-18-2)9-14(17-16)13-3-6-20-15(10-13)4-7-19-8-5-15/h12-14,17H,3-11,16H2,1-2H3. The van der Waals surface area contributed by atoms with Gasteiger partial charge in [-0.2, -0.15) is 0 Å². The first-order valence-corrected chi connectivity index (χ1v) is 7.86. The van der Waals surface area contributed by atoms with Crippen LogP contribution in [-0.4, -0.2) is 45.2 Å². The molecule has 118 valence electrons. The summed E-state index contributed by atoms with van der Waals surface area (Å²) in [5.41, 5.74) is 3.08. The van der Waals surface area contributed by atoms with Gasteiger partial charge in [0.2, 0.25) is 0 Å². The van der Waals surface area contributed by atoms with Crippen molar-refractivity contribution in [1.29, 1.82) is 0 Å². The molecule has 3 N–H and O–H groups in total. The molecule has 0 saturated carbocycles. The minimum Gasteiger partial charge on any atom is -0.384 e. The summed E-state index contributed by atoms with van der Waals surface area (Å²) in [4.78, 5) is 0. The fourth-order valence-electron chi connectivity index (χ4n) is 3.68. The van der Waals surface area contributed by atoms with Crippen LogP contribution in [0.3, 0.4) is 0 Å². The Hall–Kier alpha value is -0.200. The summed E-state index contributed by atoms with van der Waals surface area (Å²) in [6, 6.07) is 0.351. The Balaban J connectivity index is 1.91. The maximum atomic E-state index is 6.11. The van der Waals surface area contributed by atoms with Gasteiger partial charge in [0.25, 0.3) is 0 Å². The van der Waals surface area contributed by atoms with Crippen LogP contribution >= 0.6 is 0 Å². The largest absolute Gasteiger partial charge is 0.384 e. The number of hydrazine groups is 1. The number of methoxy groups -OCH3 is 1. The third-order valence-electron chi connectivity index (χ3n) is 4.83. The minimum atomic E-state index is 0.0424. The second-order valence-electron chi connectivity index (χ2n) is 6.47. The monoisotopic (exact) mass is 286 g/mol. The predicted octanol–water partition coefficient (Wildman–Crippen LogP) is 1.47. The van der Waals surface area contributed by atoms with E-state index in [0.717, 1.165) is 58.5 Å². The molecule has 0 aromatic carbocycles. The summed E-state index contributed by atoms with van der Waals surface area (Å²) in [6.45, 7) is 5.51. The first-order valence-electron chi connectivity index (χ1n) is 7.86. The molecule has 0 amide bonds. The molecular formula is C15H30N2O3. The molecule has 0 aliphatic carbocycles. The highest BCUT2D eigenvalue weighted by Crippen LogP contribution is 2.39. The first kappa shape index (κ1) is 16.2. The average Bonchev–Trinajstić information content (AvgIpc) is 2.46. The quantitative estimate of drug-likeness (QED) is 0.572. The van der Waals surface area contributed by atoms with E-state index in [1.807, 2.05) is 0 Å². The molecule has 2 rings (SSSR count). The molecule has 0 aromatic heterocycles. The molecule has 0 bridgehead atoms. The molecular weight excluding hydrogens is 256 g/mol. The van der Waals surface area contributed by atoms with Crippen molar-refractivity contribution in [2.24, 2.45) is 17.7 Å². The van der Waals surface area contributed by atoms with Gasteiger partial charge in [-0.15, -0.1) is 0 Å². The fraction of sp³-hybridized carbons (Fsp3) is 1.00. The van der Waals surface area contributed by atoms with Gasteiger partial charge in [0, 0.05) is 39.6 Å². The van der Waals surface area contributed by atoms with E-state index < -0.39 is 0 Å². The lowest BCUT2D eigenvalue weighted by Gasteiger charge is -2.45. The number of nitrogens with one attached hydrogen (secondary N) is 1. The maximum Gasteiger partial charge on any atom is 0.0729 e. The Bertz CT molecular complexity index is 277. The van der Waals surface area contributed by atoms with E-state index >= 15 is 0 Å². The normalized spacial score (nSPS) is 29.2. The van der Waals surface area contributed by atoms with Crippen LogP contribution in [0.4, 0.5) is 0 Å². The Kier molecular flexibility index (Phi) is 6.23. The molecule has 2 aliphatic rings. The molecule has 0 radical (unpaired) electrons. The highest BCUT2D eigenvalue weighted by Gasteiger charge is 2.41. The van der Waals surface area contributed by atoms with E-state index in [4.69, 9.17) is 20.1 Å². The minimum absolute atomic E-state index is 0.0424. The second kappa shape index (κ2) is 7.71. The van der Waals surface area contributed by atoms with Crippen LogP contribution in [0.5, 0.6) is 0 Å². The highest BCUT2D eigenvalue weighted by molar-refractivity contribution is 4.92. The van der Waals surface area contributed by atoms with Crippen molar-refractivity contribution in [1.82, 2.24) is 5.43 Å². The third-order valence-corrected chi connectivity index (χ3v) is 4.83. The van der Waals surface area contributed by atoms with E-state index in [2.05, 4.69) is 12.3 Å². The lowest BCUT2D eigenvalue weighted by atomic mass is 9.76. The predicted molar refractivity (Wildman–Crippen MR) is 78.2 cm³/mol. The molecule has 20 heavy (non-hydrogen) atoms. The highest BCUT2D eigenvalue weighted by atomic mass is 16.5. The zero-order chi connectivity index (χ0) is 14.4. The van der Waals surface area contributed by atoms with Crippen LogP contribution in [0.2, 0.25) is 0 Å². The van der Waals surface area contributed by atoms with E-state index in [9.17, 15) is 0 Å². The first-order chi connectivity index (χ1) is 9.69. The van der Waals surface area contributed by atoms with Gasteiger partial charge in [-0.25, -0.2) is 0 Å². The van der Waals surface area contributed by atoms with Crippen LogP contribution in [0, 0.1) is 11.8 Å². The van der Waals surface area contributed by atoms with Crippen LogP contribution in [-0.2, 0) is 14.2 Å². The van der Waals surface area contributed by atoms with E-state index in [1.54, 1.807) is 7.11 Å². The fourth-order valence-corrected chi connectivity index (χ4v) is 3.68. The zero-order valence-electron chi connectivity index (χ0n) is 12.9. The topological polar surface area (TPSA) is 65.7 Å². The summed E-state index contributed by atoms with van der Waals surface area (Å²) in [5, 5.41) is 0. The summed E-state index contributed by atoms with van der Waals surface area (Å²) in [7, 11) is 1.76. The van der Waals surface area contributed by atoms with Gasteiger partial charge < -0.3 is 14.2 Å². The van der Waals surface area contributed by atoms with Crippen molar-refractivity contribution >= 4 is 0 Å². The van der Waals surface area contributed by atoms with Gasteiger partial charge in [-0.1, -0.05) is 6.92 Å². The molecule has 5 nitrogen and oxygen atoms in total. The van der Waals surface area contributed by atoms with Gasteiger partial charge in [-0.3, -0.25) is 11.3 Å². The molecule has 0 aromatic rings. The zero-order valence-corrected chi connectivity index (χ0v) is 12.9. The molecule has 2 heterocycles. The van der Waals surface area contributed by atoms with E-state index in [0.29, 0.717) is 17.9 Å². The third kappa shape index (κ3) is 4.15. The lowest BCUT2D eigenvalue weighted by molar-refractivity contribution is -0.150. The molecule has 3 unspecified atom stereocenters. The van der Waals surface area contributed by atoms with Gasteiger partial charge in [0.05, 0.1) is 5.60 Å². The second-order valence-corrected chi connectivity index (χ2v) is 6.47. The number of hydrogen-bond donors (Lipinski definition) is 2. The van der Waals surface area contributed by atoms with Gasteiger partial charge in [0.1, 0.15) is 0 Å². The lowest BCUT2D eigenvalue weighted by Crippen LogP contribution is -2.51. The SMILES string of the molecule is COCC(C)CC(NN)C1CCOC2(CCOCC2)C1. The van der Waals surface area contributed by atoms with Crippen molar-refractivity contribution in [2.45, 2.75) is 50.7 Å². The molecule has 2 aliphatic heterocycles.